The summed E-state index contributed by atoms with van der Waals surface area (Å²) in [7, 11) is 0. The van der Waals surface area contributed by atoms with Gasteiger partial charge in [0.15, 0.2) is 0 Å². The van der Waals surface area contributed by atoms with Crippen molar-refractivity contribution in [2.45, 2.75) is 64.5 Å². The van der Waals surface area contributed by atoms with Crippen LogP contribution < -0.4 is 21.3 Å². The first-order valence-corrected chi connectivity index (χ1v) is 11.6. The molecule has 0 saturated heterocycles. The van der Waals surface area contributed by atoms with Gasteiger partial charge in [0, 0.05) is 34.1 Å². The Labute approximate surface area is 195 Å². The van der Waals surface area contributed by atoms with Crippen LogP contribution in [-0.2, 0) is 4.79 Å². The van der Waals surface area contributed by atoms with E-state index in [1.54, 1.807) is 48.5 Å². The second-order valence-electron chi connectivity index (χ2n) is 9.57. The number of rotatable bonds is 7. The summed E-state index contributed by atoms with van der Waals surface area (Å²) in [5.41, 5.74) is 2.06. The van der Waals surface area contributed by atoms with E-state index in [2.05, 4.69) is 21.3 Å². The fourth-order valence-corrected chi connectivity index (χ4v) is 3.79. The van der Waals surface area contributed by atoms with Gasteiger partial charge in [-0.25, -0.2) is 0 Å². The van der Waals surface area contributed by atoms with Gasteiger partial charge in [0.1, 0.15) is 0 Å². The molecular formula is C26H34N4O3. The van der Waals surface area contributed by atoms with E-state index < -0.39 is 0 Å². The largest absolute Gasteiger partial charge is 0.376 e. The maximum absolute atomic E-state index is 12.4. The first kappa shape index (κ1) is 24.3. The van der Waals surface area contributed by atoms with Crippen molar-refractivity contribution in [1.82, 2.24) is 10.6 Å². The zero-order valence-corrected chi connectivity index (χ0v) is 19.7. The number of hydrogen-bond acceptors (Lipinski definition) is 4. The van der Waals surface area contributed by atoms with E-state index >= 15 is 0 Å². The number of anilines is 2. The molecule has 1 aliphatic rings. The summed E-state index contributed by atoms with van der Waals surface area (Å²) in [4.78, 5) is 37.1. The van der Waals surface area contributed by atoms with Crippen LogP contribution in [0.5, 0.6) is 0 Å². The quantitative estimate of drug-likeness (QED) is 0.505. The number of carbonyl (C=O) groups excluding carboxylic acids is 3. The normalized spacial score (nSPS) is 14.3. The van der Waals surface area contributed by atoms with Crippen molar-refractivity contribution in [3.8, 4) is 0 Å². The molecule has 0 atom stereocenters. The van der Waals surface area contributed by atoms with Crippen molar-refractivity contribution < 1.29 is 14.4 Å². The van der Waals surface area contributed by atoms with E-state index in [9.17, 15) is 14.4 Å². The molecule has 0 bridgehead atoms. The van der Waals surface area contributed by atoms with Crippen LogP contribution in [0.1, 0.15) is 73.6 Å². The highest BCUT2D eigenvalue weighted by Gasteiger charge is 2.17. The standard InChI is InChI=1S/C26H34N4O3/c1-26(2,3)30-25(33)19-8-7-11-22(16-19)28-23(31)17-27-20-14-12-18(13-15-20)24(32)29-21-9-5-4-6-10-21/h7-8,11-16,21,27H,4-6,9-10,17H2,1-3H3,(H,28,31)(H,29,32)(H,30,33). The Kier molecular flexibility index (Phi) is 8.09. The predicted molar refractivity (Wildman–Crippen MR) is 132 cm³/mol. The summed E-state index contributed by atoms with van der Waals surface area (Å²) in [5.74, 6) is -0.478. The summed E-state index contributed by atoms with van der Waals surface area (Å²) in [6.07, 6.45) is 5.68. The summed E-state index contributed by atoms with van der Waals surface area (Å²) in [5, 5.41) is 11.9. The van der Waals surface area contributed by atoms with Crippen LogP contribution in [0.15, 0.2) is 48.5 Å². The molecule has 0 aliphatic heterocycles. The Morgan fingerprint density at radius 3 is 2.21 bits per heavy atom. The van der Waals surface area contributed by atoms with E-state index in [1.807, 2.05) is 20.8 Å². The van der Waals surface area contributed by atoms with Gasteiger partial charge in [-0.3, -0.25) is 14.4 Å². The molecule has 2 aromatic carbocycles. The van der Waals surface area contributed by atoms with Crippen molar-refractivity contribution in [3.63, 3.8) is 0 Å². The Hall–Kier alpha value is -3.35. The second-order valence-corrected chi connectivity index (χ2v) is 9.57. The molecule has 2 aromatic rings. The van der Waals surface area contributed by atoms with Gasteiger partial charge in [-0.2, -0.15) is 0 Å². The molecule has 0 radical (unpaired) electrons. The van der Waals surface area contributed by atoms with Gasteiger partial charge in [0.25, 0.3) is 11.8 Å². The van der Waals surface area contributed by atoms with Crippen LogP contribution in [0.25, 0.3) is 0 Å². The summed E-state index contributed by atoms with van der Waals surface area (Å²) >= 11 is 0. The van der Waals surface area contributed by atoms with Crippen molar-refractivity contribution in [2.75, 3.05) is 17.2 Å². The molecule has 176 valence electrons. The van der Waals surface area contributed by atoms with Gasteiger partial charge in [0.05, 0.1) is 6.54 Å². The van der Waals surface area contributed by atoms with Crippen molar-refractivity contribution in [1.29, 1.82) is 0 Å². The van der Waals surface area contributed by atoms with E-state index in [4.69, 9.17) is 0 Å². The van der Waals surface area contributed by atoms with Crippen LogP contribution in [0.2, 0.25) is 0 Å². The van der Waals surface area contributed by atoms with Crippen LogP contribution in [0.3, 0.4) is 0 Å². The molecule has 3 amide bonds. The molecule has 0 unspecified atom stereocenters. The number of amides is 3. The van der Waals surface area contributed by atoms with Gasteiger partial charge in [-0.05, 0) is 76.1 Å². The SMILES string of the molecule is CC(C)(C)NC(=O)c1cccc(NC(=O)CNc2ccc(C(=O)NC3CCCCC3)cc2)c1. The number of nitrogens with one attached hydrogen (secondary N) is 4. The maximum Gasteiger partial charge on any atom is 0.251 e. The molecule has 0 aromatic heterocycles. The van der Waals surface area contributed by atoms with E-state index in [0.717, 1.165) is 18.5 Å². The second kappa shape index (κ2) is 11.0. The molecule has 7 nitrogen and oxygen atoms in total. The highest BCUT2D eigenvalue weighted by molar-refractivity contribution is 5.98. The van der Waals surface area contributed by atoms with Crippen LogP contribution >= 0.6 is 0 Å². The third kappa shape index (κ3) is 7.93. The maximum atomic E-state index is 12.4. The minimum atomic E-state index is -0.341. The molecular weight excluding hydrogens is 416 g/mol. The lowest BCUT2D eigenvalue weighted by molar-refractivity contribution is -0.114. The third-order valence-electron chi connectivity index (χ3n) is 5.44. The lowest BCUT2D eigenvalue weighted by Gasteiger charge is -2.22. The first-order chi connectivity index (χ1) is 15.7. The minimum Gasteiger partial charge on any atom is -0.376 e. The zero-order valence-electron chi connectivity index (χ0n) is 19.7. The third-order valence-corrected chi connectivity index (χ3v) is 5.44. The van der Waals surface area contributed by atoms with E-state index in [0.29, 0.717) is 16.8 Å². The van der Waals surface area contributed by atoms with Crippen LogP contribution in [0, 0.1) is 0 Å². The summed E-state index contributed by atoms with van der Waals surface area (Å²) < 4.78 is 0. The molecule has 3 rings (SSSR count). The fourth-order valence-electron chi connectivity index (χ4n) is 3.79. The number of hydrogen-bond donors (Lipinski definition) is 4. The molecule has 7 heteroatoms. The average molecular weight is 451 g/mol. The molecule has 0 heterocycles. The Morgan fingerprint density at radius 1 is 0.848 bits per heavy atom. The Bertz CT molecular complexity index is 974. The zero-order chi connectivity index (χ0) is 23.8. The average Bonchev–Trinajstić information content (AvgIpc) is 2.78. The van der Waals surface area contributed by atoms with E-state index in [1.165, 1.54) is 19.3 Å². The van der Waals surface area contributed by atoms with E-state index in [-0.39, 0.29) is 35.8 Å². The van der Waals surface area contributed by atoms with Gasteiger partial charge in [-0.15, -0.1) is 0 Å². The van der Waals surface area contributed by atoms with Crippen LogP contribution in [-0.4, -0.2) is 35.8 Å². The molecule has 1 saturated carbocycles. The molecule has 1 aliphatic carbocycles. The lowest BCUT2D eigenvalue weighted by Crippen LogP contribution is -2.40. The molecule has 4 N–H and O–H groups in total. The topological polar surface area (TPSA) is 99.3 Å². The van der Waals surface area contributed by atoms with Gasteiger partial charge in [0.2, 0.25) is 5.91 Å². The number of carbonyl (C=O) groups is 3. The Morgan fingerprint density at radius 2 is 1.55 bits per heavy atom. The summed E-state index contributed by atoms with van der Waals surface area (Å²) in [6.45, 7) is 5.81. The van der Waals surface area contributed by atoms with Crippen LogP contribution in [0.4, 0.5) is 11.4 Å². The van der Waals surface area contributed by atoms with Gasteiger partial charge in [-0.1, -0.05) is 25.3 Å². The summed E-state index contributed by atoms with van der Waals surface area (Å²) in [6, 6.07) is 14.2. The molecule has 33 heavy (non-hydrogen) atoms. The Balaban J connectivity index is 1.48. The minimum absolute atomic E-state index is 0.0541. The lowest BCUT2D eigenvalue weighted by atomic mass is 9.95. The fraction of sp³-hybridized carbons (Fsp3) is 0.423. The monoisotopic (exact) mass is 450 g/mol. The highest BCUT2D eigenvalue weighted by Crippen LogP contribution is 2.18. The van der Waals surface area contributed by atoms with Gasteiger partial charge >= 0.3 is 0 Å². The highest BCUT2D eigenvalue weighted by atomic mass is 16.2. The predicted octanol–water partition coefficient (Wildman–Crippen LogP) is 4.33. The number of benzene rings is 2. The first-order valence-electron chi connectivity index (χ1n) is 11.6. The van der Waals surface area contributed by atoms with Gasteiger partial charge < -0.3 is 21.3 Å². The smallest absolute Gasteiger partial charge is 0.251 e. The van der Waals surface area contributed by atoms with Crippen molar-refractivity contribution in [2.24, 2.45) is 0 Å². The molecule has 1 fully saturated rings. The van der Waals surface area contributed by atoms with Crippen molar-refractivity contribution in [3.05, 3.63) is 59.7 Å². The van der Waals surface area contributed by atoms with Crippen molar-refractivity contribution >= 4 is 29.1 Å². The molecule has 0 spiro atoms.